The lowest BCUT2D eigenvalue weighted by Gasteiger charge is -2.35. The molecule has 7 nitrogen and oxygen atoms in total. The predicted molar refractivity (Wildman–Crippen MR) is 95.0 cm³/mol. The Hall–Kier alpha value is -2.18. The van der Waals surface area contributed by atoms with Gasteiger partial charge in [0.1, 0.15) is 6.33 Å². The van der Waals surface area contributed by atoms with Gasteiger partial charge in [-0.3, -0.25) is 9.48 Å². The maximum Gasteiger partial charge on any atom is 0.223 e. The summed E-state index contributed by atoms with van der Waals surface area (Å²) in [7, 11) is 1.95. The van der Waals surface area contributed by atoms with Crippen LogP contribution in [0.2, 0.25) is 0 Å². The van der Waals surface area contributed by atoms with Crippen molar-refractivity contribution < 1.29 is 4.79 Å². The summed E-state index contributed by atoms with van der Waals surface area (Å²) < 4.78 is 3.94. The summed E-state index contributed by atoms with van der Waals surface area (Å²) in [6.45, 7) is 7.79. The molecule has 2 aromatic heterocycles. The molecule has 1 fully saturated rings. The number of hydrogen-bond acceptors (Lipinski definition) is 4. The van der Waals surface area contributed by atoms with E-state index < -0.39 is 0 Å². The fourth-order valence-electron chi connectivity index (χ4n) is 3.82. The molecule has 0 aromatic carbocycles. The van der Waals surface area contributed by atoms with Crippen LogP contribution in [0.3, 0.4) is 0 Å². The molecule has 1 aliphatic heterocycles. The number of aryl methyl sites for hydroxylation is 3. The number of piperidine rings is 1. The monoisotopic (exact) mass is 344 g/mol. The average Bonchev–Trinajstić information content (AvgIpc) is 3.18. The molecule has 0 spiro atoms. The van der Waals surface area contributed by atoms with Crippen LogP contribution in [0.25, 0.3) is 0 Å². The highest BCUT2D eigenvalue weighted by Crippen LogP contribution is 2.30. The third-order valence-corrected chi connectivity index (χ3v) is 5.36. The van der Waals surface area contributed by atoms with Crippen LogP contribution in [0.15, 0.2) is 6.33 Å². The van der Waals surface area contributed by atoms with Crippen molar-refractivity contribution in [1.82, 2.24) is 29.4 Å². The van der Waals surface area contributed by atoms with Gasteiger partial charge in [0.05, 0.1) is 11.7 Å². The van der Waals surface area contributed by atoms with Gasteiger partial charge in [-0.05, 0) is 52.0 Å². The van der Waals surface area contributed by atoms with E-state index in [1.807, 2.05) is 28.1 Å². The lowest BCUT2D eigenvalue weighted by atomic mass is 9.99. The molecule has 1 atom stereocenters. The summed E-state index contributed by atoms with van der Waals surface area (Å²) in [5.74, 6) is 1.13. The summed E-state index contributed by atoms with van der Waals surface area (Å²) >= 11 is 0. The van der Waals surface area contributed by atoms with Crippen LogP contribution in [0.1, 0.15) is 61.4 Å². The summed E-state index contributed by atoms with van der Waals surface area (Å²) in [5, 5.41) is 12.8. The Bertz CT molecular complexity index is 747. The second-order valence-corrected chi connectivity index (χ2v) is 6.85. The Kier molecular flexibility index (Phi) is 5.20. The largest absolute Gasteiger partial charge is 0.332 e. The number of rotatable bonds is 5. The van der Waals surface area contributed by atoms with E-state index >= 15 is 0 Å². The second kappa shape index (κ2) is 7.37. The number of likely N-dealkylation sites (tertiary alicyclic amines) is 1. The van der Waals surface area contributed by atoms with Crippen LogP contribution in [-0.2, 0) is 24.8 Å². The van der Waals surface area contributed by atoms with E-state index in [4.69, 9.17) is 0 Å². The zero-order chi connectivity index (χ0) is 18.0. The topological polar surface area (TPSA) is 68.8 Å². The molecule has 0 saturated carbocycles. The zero-order valence-electron chi connectivity index (χ0n) is 15.7. The van der Waals surface area contributed by atoms with Gasteiger partial charge in [-0.25, -0.2) is 0 Å². The first-order valence-corrected chi connectivity index (χ1v) is 9.19. The number of carbonyl (C=O) groups excluding carboxylic acids is 1. The number of carbonyl (C=O) groups is 1. The Morgan fingerprint density at radius 2 is 2.12 bits per heavy atom. The van der Waals surface area contributed by atoms with Crippen LogP contribution >= 0.6 is 0 Å². The van der Waals surface area contributed by atoms with Crippen molar-refractivity contribution >= 4 is 5.91 Å². The Labute approximate surface area is 149 Å². The van der Waals surface area contributed by atoms with Crippen LogP contribution in [0.5, 0.6) is 0 Å². The van der Waals surface area contributed by atoms with Gasteiger partial charge in [-0.1, -0.05) is 0 Å². The van der Waals surface area contributed by atoms with Gasteiger partial charge in [0.2, 0.25) is 5.91 Å². The van der Waals surface area contributed by atoms with Gasteiger partial charge in [-0.2, -0.15) is 5.10 Å². The minimum atomic E-state index is 0.0554. The van der Waals surface area contributed by atoms with Crippen LogP contribution in [0, 0.1) is 13.8 Å². The van der Waals surface area contributed by atoms with Crippen molar-refractivity contribution in [3.05, 3.63) is 29.1 Å². The number of aromatic nitrogens is 5. The van der Waals surface area contributed by atoms with Crippen molar-refractivity contribution in [3.63, 3.8) is 0 Å². The maximum absolute atomic E-state index is 12.9. The van der Waals surface area contributed by atoms with E-state index in [9.17, 15) is 4.79 Å². The van der Waals surface area contributed by atoms with Crippen molar-refractivity contribution in [1.29, 1.82) is 0 Å². The molecule has 1 aliphatic rings. The standard InChI is InChI=1S/C18H28N6O/c1-5-23-12-19-20-18(23)16-8-6-7-11-24(16)17(25)10-9-15-13(2)21-22(4)14(15)3/h12,16H,5-11H2,1-4H3. The van der Waals surface area contributed by atoms with E-state index in [0.29, 0.717) is 6.42 Å². The maximum atomic E-state index is 12.9. The molecule has 1 amide bonds. The Morgan fingerprint density at radius 1 is 1.32 bits per heavy atom. The quantitative estimate of drug-likeness (QED) is 0.835. The van der Waals surface area contributed by atoms with E-state index in [0.717, 1.165) is 56.0 Å². The van der Waals surface area contributed by atoms with E-state index in [1.165, 1.54) is 5.56 Å². The third-order valence-electron chi connectivity index (χ3n) is 5.36. The first-order valence-electron chi connectivity index (χ1n) is 9.19. The van der Waals surface area contributed by atoms with Crippen molar-refractivity contribution in [2.24, 2.45) is 7.05 Å². The smallest absolute Gasteiger partial charge is 0.223 e. The van der Waals surface area contributed by atoms with E-state index in [1.54, 1.807) is 6.33 Å². The van der Waals surface area contributed by atoms with Crippen molar-refractivity contribution in [3.8, 4) is 0 Å². The number of hydrogen-bond donors (Lipinski definition) is 0. The van der Waals surface area contributed by atoms with Crippen LogP contribution < -0.4 is 0 Å². The first kappa shape index (κ1) is 17.6. The zero-order valence-corrected chi connectivity index (χ0v) is 15.7. The minimum absolute atomic E-state index is 0.0554. The fraction of sp³-hybridized carbons (Fsp3) is 0.667. The van der Waals surface area contributed by atoms with Gasteiger partial charge in [-0.15, -0.1) is 10.2 Å². The number of amides is 1. The SMILES string of the molecule is CCn1cnnc1C1CCCCN1C(=O)CCc1c(C)nn(C)c1C. The van der Waals surface area contributed by atoms with Crippen LogP contribution in [-0.4, -0.2) is 41.9 Å². The van der Waals surface area contributed by atoms with E-state index in [2.05, 4.69) is 29.1 Å². The minimum Gasteiger partial charge on any atom is -0.332 e. The highest BCUT2D eigenvalue weighted by atomic mass is 16.2. The molecule has 3 heterocycles. The molecule has 0 radical (unpaired) electrons. The fourth-order valence-corrected chi connectivity index (χ4v) is 3.82. The molecule has 7 heteroatoms. The third kappa shape index (κ3) is 3.45. The van der Waals surface area contributed by atoms with Gasteiger partial charge >= 0.3 is 0 Å². The molecular weight excluding hydrogens is 316 g/mol. The van der Waals surface area contributed by atoms with Crippen molar-refractivity contribution in [2.45, 2.75) is 65.5 Å². The lowest BCUT2D eigenvalue weighted by Crippen LogP contribution is -2.39. The lowest BCUT2D eigenvalue weighted by molar-refractivity contribution is -0.135. The Morgan fingerprint density at radius 3 is 2.80 bits per heavy atom. The normalized spacial score (nSPS) is 17.9. The first-order chi connectivity index (χ1) is 12.0. The highest BCUT2D eigenvalue weighted by molar-refractivity contribution is 5.77. The Balaban J connectivity index is 1.73. The molecule has 0 N–H and O–H groups in total. The second-order valence-electron chi connectivity index (χ2n) is 6.85. The molecule has 2 aromatic rings. The summed E-state index contributed by atoms with van der Waals surface area (Å²) in [6, 6.07) is 0.0554. The summed E-state index contributed by atoms with van der Waals surface area (Å²) in [5.41, 5.74) is 3.36. The van der Waals surface area contributed by atoms with Gasteiger partial charge in [0.15, 0.2) is 5.82 Å². The molecule has 0 bridgehead atoms. The van der Waals surface area contributed by atoms with Crippen LogP contribution in [0.4, 0.5) is 0 Å². The van der Waals surface area contributed by atoms with Crippen molar-refractivity contribution in [2.75, 3.05) is 6.54 Å². The molecule has 0 aliphatic carbocycles. The highest BCUT2D eigenvalue weighted by Gasteiger charge is 2.31. The molecule has 3 rings (SSSR count). The predicted octanol–water partition coefficient (Wildman–Crippen LogP) is 2.33. The summed E-state index contributed by atoms with van der Waals surface area (Å²) in [6.07, 6.45) is 6.18. The number of nitrogens with zero attached hydrogens (tertiary/aromatic N) is 6. The van der Waals surface area contributed by atoms with Gasteiger partial charge in [0.25, 0.3) is 0 Å². The van der Waals surface area contributed by atoms with Gasteiger partial charge < -0.3 is 9.47 Å². The average molecular weight is 344 g/mol. The molecule has 1 saturated heterocycles. The summed E-state index contributed by atoms with van der Waals surface area (Å²) in [4.78, 5) is 15.0. The van der Waals surface area contributed by atoms with Gasteiger partial charge in [0, 0.05) is 32.3 Å². The van der Waals surface area contributed by atoms with E-state index in [-0.39, 0.29) is 11.9 Å². The molecule has 136 valence electrons. The molecule has 1 unspecified atom stereocenters. The molecule has 25 heavy (non-hydrogen) atoms. The molecular formula is C18H28N6O.